The number of carbonyl (C=O) groups is 1. The summed E-state index contributed by atoms with van der Waals surface area (Å²) >= 11 is 0. The molecule has 2 aromatic rings. The van der Waals surface area contributed by atoms with Crippen LogP contribution in [0.3, 0.4) is 0 Å². The van der Waals surface area contributed by atoms with Crippen LogP contribution in [0.2, 0.25) is 0 Å². The number of aromatic nitrogens is 2. The third-order valence-corrected chi connectivity index (χ3v) is 1.72. The van der Waals surface area contributed by atoms with Crippen LogP contribution in [0.25, 0.3) is 11.1 Å². The lowest BCUT2D eigenvalue weighted by Crippen LogP contribution is -1.98. The summed E-state index contributed by atoms with van der Waals surface area (Å²) in [4.78, 5) is 14.3. The normalized spacial score (nSPS) is 10.4. The van der Waals surface area contributed by atoms with Gasteiger partial charge >= 0.3 is 5.97 Å². The van der Waals surface area contributed by atoms with Gasteiger partial charge in [-0.1, -0.05) is 0 Å². The molecule has 0 radical (unpaired) electrons. The largest absolute Gasteiger partial charge is 0.478 e. The van der Waals surface area contributed by atoms with Crippen molar-refractivity contribution in [2.45, 2.75) is 0 Å². The molecule has 0 amide bonds. The van der Waals surface area contributed by atoms with Gasteiger partial charge in [-0.15, -0.1) is 0 Å². The second-order valence-corrected chi connectivity index (χ2v) is 2.55. The number of nitrogens with zero attached hydrogens (tertiary/aromatic N) is 2. The first-order valence-corrected chi connectivity index (χ1v) is 3.76. The smallest absolute Gasteiger partial charge is 0.354 e. The number of aromatic carboxylic acids is 1. The van der Waals surface area contributed by atoms with Gasteiger partial charge in [0.1, 0.15) is 5.39 Å². The topological polar surface area (TPSA) is 85.5 Å². The zero-order chi connectivity index (χ0) is 10.1. The minimum Gasteiger partial charge on any atom is -0.478 e. The highest BCUT2D eigenvalue weighted by molar-refractivity contribution is 5.89. The fourth-order valence-electron chi connectivity index (χ4n) is 1.07. The summed E-state index contributed by atoms with van der Waals surface area (Å²) in [7, 11) is 1.45. The first-order chi connectivity index (χ1) is 6.72. The van der Waals surface area contributed by atoms with Crippen LogP contribution in [-0.2, 0) is 0 Å². The molecular formula is C8H6N2O4. The molecule has 0 fully saturated rings. The molecule has 0 bridgehead atoms. The third-order valence-electron chi connectivity index (χ3n) is 1.72. The molecule has 0 aliphatic heterocycles. The van der Waals surface area contributed by atoms with Crippen LogP contribution in [0.1, 0.15) is 10.5 Å². The average molecular weight is 194 g/mol. The van der Waals surface area contributed by atoms with Crippen LogP contribution in [0, 0.1) is 0 Å². The van der Waals surface area contributed by atoms with Gasteiger partial charge in [0.25, 0.3) is 11.6 Å². The Labute approximate surface area is 78.1 Å². The first-order valence-electron chi connectivity index (χ1n) is 3.76. The molecule has 2 rings (SSSR count). The Morgan fingerprint density at radius 1 is 1.57 bits per heavy atom. The molecule has 0 aliphatic rings. The summed E-state index contributed by atoms with van der Waals surface area (Å²) in [6, 6.07) is 2.91. The number of rotatable bonds is 2. The number of hydrogen-bond donors (Lipinski definition) is 1. The van der Waals surface area contributed by atoms with E-state index < -0.39 is 5.97 Å². The molecule has 1 N–H and O–H groups in total. The number of hydrogen-bond acceptors (Lipinski definition) is 5. The lowest BCUT2D eigenvalue weighted by molar-refractivity contribution is 0.0690. The maximum absolute atomic E-state index is 10.6. The summed E-state index contributed by atoms with van der Waals surface area (Å²) in [5.41, 5.74) is 0.0676. The van der Waals surface area contributed by atoms with Crippen molar-refractivity contribution in [2.75, 3.05) is 7.11 Å². The van der Waals surface area contributed by atoms with Gasteiger partial charge in [-0.3, -0.25) is 0 Å². The van der Waals surface area contributed by atoms with Crippen LogP contribution in [0.5, 0.6) is 5.88 Å². The maximum atomic E-state index is 10.6. The van der Waals surface area contributed by atoms with Gasteiger partial charge in [0.2, 0.25) is 0 Å². The van der Waals surface area contributed by atoms with Gasteiger partial charge < -0.3 is 14.4 Å². The molecule has 72 valence electrons. The molecule has 0 aliphatic carbocycles. The minimum atomic E-state index is -1.11. The van der Waals surface area contributed by atoms with E-state index in [1.165, 1.54) is 13.2 Å². The predicted molar refractivity (Wildman–Crippen MR) is 45.3 cm³/mol. The monoisotopic (exact) mass is 194 g/mol. The Morgan fingerprint density at radius 2 is 2.36 bits per heavy atom. The van der Waals surface area contributed by atoms with Crippen molar-refractivity contribution < 1.29 is 19.2 Å². The highest BCUT2D eigenvalue weighted by atomic mass is 16.5. The second kappa shape index (κ2) is 2.99. The Kier molecular flexibility index (Phi) is 1.81. The van der Waals surface area contributed by atoms with Crippen LogP contribution in [0.15, 0.2) is 16.7 Å². The quantitative estimate of drug-likeness (QED) is 0.765. The molecule has 0 unspecified atom stereocenters. The van der Waals surface area contributed by atoms with E-state index in [4.69, 9.17) is 14.4 Å². The molecule has 0 spiro atoms. The van der Waals surface area contributed by atoms with E-state index in [1.54, 1.807) is 6.07 Å². The summed E-state index contributed by atoms with van der Waals surface area (Å²) in [5, 5.41) is 12.8. The van der Waals surface area contributed by atoms with Gasteiger partial charge in [-0.2, -0.15) is 0 Å². The fraction of sp³-hybridized carbons (Fsp3) is 0.125. The average Bonchev–Trinajstić information content (AvgIpc) is 2.59. The molecule has 14 heavy (non-hydrogen) atoms. The Hall–Kier alpha value is -2.11. The van der Waals surface area contributed by atoms with Gasteiger partial charge in [0, 0.05) is 0 Å². The first kappa shape index (κ1) is 8.49. The molecular weight excluding hydrogens is 188 g/mol. The number of carboxylic acids is 1. The molecule has 0 atom stereocenters. The summed E-state index contributed by atoms with van der Waals surface area (Å²) in [6.45, 7) is 0. The van der Waals surface area contributed by atoms with Gasteiger partial charge in [0.15, 0.2) is 5.69 Å². The molecule has 6 heteroatoms. The Balaban J connectivity index is 2.63. The molecule has 0 aromatic carbocycles. The molecule has 0 saturated carbocycles. The lowest BCUT2D eigenvalue weighted by Gasteiger charge is -1.92. The zero-order valence-electron chi connectivity index (χ0n) is 7.22. The van der Waals surface area contributed by atoms with Crippen molar-refractivity contribution in [1.29, 1.82) is 0 Å². The van der Waals surface area contributed by atoms with Crippen molar-refractivity contribution in [1.82, 2.24) is 10.1 Å². The van der Waals surface area contributed by atoms with E-state index in [1.807, 2.05) is 0 Å². The number of fused-ring (bicyclic) bond motifs is 1. The Morgan fingerprint density at radius 3 is 3.00 bits per heavy atom. The summed E-state index contributed by atoms with van der Waals surface area (Å²) < 4.78 is 9.66. The number of pyridine rings is 1. The predicted octanol–water partition coefficient (Wildman–Crippen LogP) is 0.930. The van der Waals surface area contributed by atoms with E-state index >= 15 is 0 Å². The fourth-order valence-corrected chi connectivity index (χ4v) is 1.07. The zero-order valence-corrected chi connectivity index (χ0v) is 7.22. The van der Waals surface area contributed by atoms with Crippen molar-refractivity contribution in [3.8, 4) is 5.88 Å². The maximum Gasteiger partial charge on any atom is 0.354 e. The van der Waals surface area contributed by atoms with Gasteiger partial charge in [0.05, 0.1) is 7.11 Å². The summed E-state index contributed by atoms with van der Waals surface area (Å²) in [5.74, 6) is -0.813. The standard InChI is InChI=1S/C8H6N2O4/c1-13-7-4-2-3-5(8(11)12)9-6(4)14-10-7/h2-3H,1H3,(H,11,12). The molecule has 0 saturated heterocycles. The van der Waals surface area contributed by atoms with Crippen LogP contribution < -0.4 is 4.74 Å². The van der Waals surface area contributed by atoms with Crippen molar-refractivity contribution in [3.63, 3.8) is 0 Å². The molecule has 6 nitrogen and oxygen atoms in total. The van der Waals surface area contributed by atoms with Crippen LogP contribution in [0.4, 0.5) is 0 Å². The lowest BCUT2D eigenvalue weighted by atomic mass is 10.3. The summed E-state index contributed by atoms with van der Waals surface area (Å²) in [6.07, 6.45) is 0. The molecule has 2 aromatic heterocycles. The number of ether oxygens (including phenoxy) is 1. The molecule has 2 heterocycles. The second-order valence-electron chi connectivity index (χ2n) is 2.55. The number of methoxy groups -OCH3 is 1. The van der Waals surface area contributed by atoms with E-state index in [-0.39, 0.29) is 11.4 Å². The van der Waals surface area contributed by atoms with Gasteiger partial charge in [-0.05, 0) is 17.3 Å². The van der Waals surface area contributed by atoms with Crippen molar-refractivity contribution in [3.05, 3.63) is 17.8 Å². The SMILES string of the molecule is COc1noc2nc(C(=O)O)ccc12. The highest BCUT2D eigenvalue weighted by Gasteiger charge is 2.12. The Bertz CT molecular complexity index is 491. The van der Waals surface area contributed by atoms with Crippen molar-refractivity contribution >= 4 is 17.1 Å². The number of carboxylic acid groups (broad SMARTS) is 1. The third kappa shape index (κ3) is 1.17. The van der Waals surface area contributed by atoms with Crippen LogP contribution >= 0.6 is 0 Å². The van der Waals surface area contributed by atoms with Crippen LogP contribution in [-0.4, -0.2) is 28.3 Å². The van der Waals surface area contributed by atoms with Crippen molar-refractivity contribution in [2.24, 2.45) is 0 Å². The van der Waals surface area contributed by atoms with E-state index in [2.05, 4.69) is 10.1 Å². The van der Waals surface area contributed by atoms with E-state index in [0.29, 0.717) is 11.3 Å². The van der Waals surface area contributed by atoms with E-state index in [0.717, 1.165) is 0 Å². The minimum absolute atomic E-state index is 0.0868. The highest BCUT2D eigenvalue weighted by Crippen LogP contribution is 2.22. The van der Waals surface area contributed by atoms with E-state index in [9.17, 15) is 4.79 Å². The van der Waals surface area contributed by atoms with Gasteiger partial charge in [-0.25, -0.2) is 9.78 Å².